The van der Waals surface area contributed by atoms with Gasteiger partial charge in [0.1, 0.15) is 11.6 Å². The maximum Gasteiger partial charge on any atom is 0.411 e. The number of carbonyl (C=O) groups is 2. The van der Waals surface area contributed by atoms with Gasteiger partial charge < -0.3 is 9.47 Å². The molecule has 1 saturated heterocycles. The van der Waals surface area contributed by atoms with E-state index in [1.54, 1.807) is 11.8 Å². The van der Waals surface area contributed by atoms with Crippen LogP contribution in [0.1, 0.15) is 43.5 Å². The molecule has 1 aliphatic carbocycles. The molecule has 0 radical (unpaired) electrons. The number of ketones is 1. The summed E-state index contributed by atoms with van der Waals surface area (Å²) in [5.41, 5.74) is 0.938. The van der Waals surface area contributed by atoms with Crippen molar-refractivity contribution in [2.45, 2.75) is 44.1 Å². The number of rotatable bonds is 5. The normalized spacial score (nSPS) is 30.1. The minimum absolute atomic E-state index is 0.0251. The quantitative estimate of drug-likeness (QED) is 0.802. The summed E-state index contributed by atoms with van der Waals surface area (Å²) in [6.45, 7) is 4.05. The zero-order valence-corrected chi connectivity index (χ0v) is 15.5. The molecule has 1 amide bonds. The Kier molecular flexibility index (Phi) is 4.48. The van der Waals surface area contributed by atoms with Gasteiger partial charge in [-0.3, -0.25) is 9.69 Å². The van der Waals surface area contributed by atoms with Crippen LogP contribution in [0.4, 0.5) is 4.79 Å². The molecule has 2 aromatic carbocycles. The molecule has 1 heterocycles. The van der Waals surface area contributed by atoms with Crippen LogP contribution >= 0.6 is 0 Å². The molecule has 1 saturated carbocycles. The standard InChI is InChI=1S/C22H23NO4/c1-3-26-22(2)17(14-18(22)24)23-19(15-10-6-4-7-11-15)20(27-21(23)25)16-12-8-5-9-13-16/h4-13,17,19-20H,3,14H2,1-2H3/t17-,19-,20+,22+/m0/s1. The topological polar surface area (TPSA) is 55.8 Å². The summed E-state index contributed by atoms with van der Waals surface area (Å²) in [6.07, 6.45) is -0.542. The highest BCUT2D eigenvalue weighted by Crippen LogP contribution is 2.49. The van der Waals surface area contributed by atoms with E-state index in [0.717, 1.165) is 11.1 Å². The van der Waals surface area contributed by atoms with Gasteiger partial charge >= 0.3 is 6.09 Å². The summed E-state index contributed by atoms with van der Waals surface area (Å²) >= 11 is 0. The van der Waals surface area contributed by atoms with E-state index in [-0.39, 0.29) is 24.3 Å². The number of carbonyl (C=O) groups excluding carboxylic acids is 2. The lowest BCUT2D eigenvalue weighted by Crippen LogP contribution is -2.67. The van der Waals surface area contributed by atoms with E-state index in [1.165, 1.54) is 0 Å². The van der Waals surface area contributed by atoms with Gasteiger partial charge in [-0.05, 0) is 25.0 Å². The summed E-state index contributed by atoms with van der Waals surface area (Å²) in [7, 11) is 0. The first kappa shape index (κ1) is 17.7. The van der Waals surface area contributed by atoms with Crippen LogP contribution in [-0.4, -0.2) is 35.0 Å². The van der Waals surface area contributed by atoms with Crippen LogP contribution < -0.4 is 0 Å². The molecule has 1 aliphatic heterocycles. The largest absolute Gasteiger partial charge is 0.439 e. The second-order valence-electron chi connectivity index (χ2n) is 7.16. The van der Waals surface area contributed by atoms with Crippen LogP contribution in [-0.2, 0) is 14.3 Å². The molecule has 0 N–H and O–H groups in total. The number of ether oxygens (including phenoxy) is 2. The Hall–Kier alpha value is -2.66. The summed E-state index contributed by atoms with van der Waals surface area (Å²) < 4.78 is 11.6. The first-order valence-electron chi connectivity index (χ1n) is 9.32. The Balaban J connectivity index is 1.76. The molecule has 5 heteroatoms. The van der Waals surface area contributed by atoms with E-state index in [4.69, 9.17) is 9.47 Å². The number of Topliss-reactive ketones (excluding diaryl/α,β-unsaturated/α-hetero) is 1. The zero-order valence-electron chi connectivity index (χ0n) is 15.5. The van der Waals surface area contributed by atoms with Crippen LogP contribution in [0.3, 0.4) is 0 Å². The monoisotopic (exact) mass is 365 g/mol. The Morgan fingerprint density at radius 3 is 2.19 bits per heavy atom. The molecule has 4 rings (SSSR count). The third-order valence-electron chi connectivity index (χ3n) is 5.64. The van der Waals surface area contributed by atoms with Crippen LogP contribution in [0.25, 0.3) is 0 Å². The highest BCUT2D eigenvalue weighted by atomic mass is 16.6. The second kappa shape index (κ2) is 6.82. The average molecular weight is 365 g/mol. The molecule has 0 bridgehead atoms. The van der Waals surface area contributed by atoms with Gasteiger partial charge in [0.25, 0.3) is 0 Å². The molecule has 27 heavy (non-hydrogen) atoms. The number of nitrogens with zero attached hydrogens (tertiary/aromatic N) is 1. The Bertz CT molecular complexity index is 838. The van der Waals surface area contributed by atoms with Gasteiger partial charge in [-0.2, -0.15) is 0 Å². The third kappa shape index (κ3) is 2.82. The maximum absolute atomic E-state index is 12.9. The van der Waals surface area contributed by atoms with Crippen molar-refractivity contribution in [1.82, 2.24) is 4.90 Å². The first-order valence-corrected chi connectivity index (χ1v) is 9.32. The second-order valence-corrected chi connectivity index (χ2v) is 7.16. The van der Waals surface area contributed by atoms with E-state index in [2.05, 4.69) is 0 Å². The van der Waals surface area contributed by atoms with Gasteiger partial charge in [0.15, 0.2) is 11.9 Å². The van der Waals surface area contributed by atoms with E-state index in [1.807, 2.05) is 67.6 Å². The molecule has 0 spiro atoms. The predicted molar refractivity (Wildman–Crippen MR) is 100 cm³/mol. The Labute approximate surface area is 158 Å². The average Bonchev–Trinajstić information content (AvgIpc) is 3.04. The first-order chi connectivity index (χ1) is 13.1. The lowest BCUT2D eigenvalue weighted by Gasteiger charge is -2.49. The van der Waals surface area contributed by atoms with Crippen molar-refractivity contribution in [2.24, 2.45) is 0 Å². The van der Waals surface area contributed by atoms with Gasteiger partial charge in [-0.1, -0.05) is 60.7 Å². The maximum atomic E-state index is 12.9. The number of hydrogen-bond acceptors (Lipinski definition) is 4. The summed E-state index contributed by atoms with van der Waals surface area (Å²) in [6, 6.07) is 18.9. The fraction of sp³-hybridized carbons (Fsp3) is 0.364. The molecule has 2 aromatic rings. The molecule has 5 nitrogen and oxygen atoms in total. The van der Waals surface area contributed by atoms with Crippen LogP contribution in [0.15, 0.2) is 60.7 Å². The van der Waals surface area contributed by atoms with E-state index < -0.39 is 17.8 Å². The van der Waals surface area contributed by atoms with Crippen LogP contribution in [0.2, 0.25) is 0 Å². The minimum Gasteiger partial charge on any atom is -0.439 e. The fourth-order valence-corrected chi connectivity index (χ4v) is 4.16. The molecule has 0 aromatic heterocycles. The smallest absolute Gasteiger partial charge is 0.411 e. The van der Waals surface area contributed by atoms with Crippen molar-refractivity contribution in [3.63, 3.8) is 0 Å². The lowest BCUT2D eigenvalue weighted by atomic mass is 9.72. The molecule has 2 aliphatic rings. The van der Waals surface area contributed by atoms with Gasteiger partial charge in [0.05, 0.1) is 6.04 Å². The molecule has 4 atom stereocenters. The van der Waals surface area contributed by atoms with Crippen molar-refractivity contribution in [3.8, 4) is 0 Å². The highest BCUT2D eigenvalue weighted by Gasteiger charge is 2.61. The molecular formula is C22H23NO4. The summed E-state index contributed by atoms with van der Waals surface area (Å²) in [5.74, 6) is 0.0251. The SMILES string of the molecule is CCO[C@@]1(C)C(=O)C[C@@H]1N1C(=O)O[C@H](c2ccccc2)[C@@H]1c1ccccc1. The van der Waals surface area contributed by atoms with Gasteiger partial charge in [0, 0.05) is 13.0 Å². The molecule has 140 valence electrons. The van der Waals surface area contributed by atoms with Crippen molar-refractivity contribution in [2.75, 3.05) is 6.61 Å². The van der Waals surface area contributed by atoms with Gasteiger partial charge in [-0.15, -0.1) is 0 Å². The molecule has 2 fully saturated rings. The summed E-state index contributed by atoms with van der Waals surface area (Å²) in [5, 5.41) is 0. The third-order valence-corrected chi connectivity index (χ3v) is 5.64. The van der Waals surface area contributed by atoms with E-state index in [9.17, 15) is 9.59 Å². The van der Waals surface area contributed by atoms with Crippen molar-refractivity contribution in [1.29, 1.82) is 0 Å². The van der Waals surface area contributed by atoms with Crippen LogP contribution in [0, 0.1) is 0 Å². The number of benzene rings is 2. The van der Waals surface area contributed by atoms with Crippen molar-refractivity contribution in [3.05, 3.63) is 71.8 Å². The Morgan fingerprint density at radius 2 is 1.63 bits per heavy atom. The predicted octanol–water partition coefficient (Wildman–Crippen LogP) is 4.06. The van der Waals surface area contributed by atoms with Crippen LogP contribution in [0.5, 0.6) is 0 Å². The molecular weight excluding hydrogens is 342 g/mol. The zero-order chi connectivity index (χ0) is 19.0. The van der Waals surface area contributed by atoms with E-state index >= 15 is 0 Å². The fourth-order valence-electron chi connectivity index (χ4n) is 4.16. The minimum atomic E-state index is -0.980. The van der Waals surface area contributed by atoms with Crippen molar-refractivity contribution >= 4 is 11.9 Å². The highest BCUT2D eigenvalue weighted by molar-refractivity contribution is 5.96. The van der Waals surface area contributed by atoms with E-state index in [0.29, 0.717) is 6.61 Å². The summed E-state index contributed by atoms with van der Waals surface area (Å²) in [4.78, 5) is 26.9. The number of hydrogen-bond donors (Lipinski definition) is 0. The lowest BCUT2D eigenvalue weighted by molar-refractivity contribution is -0.172. The van der Waals surface area contributed by atoms with Gasteiger partial charge in [-0.25, -0.2) is 4.79 Å². The number of cyclic esters (lactones) is 1. The van der Waals surface area contributed by atoms with Crippen molar-refractivity contribution < 1.29 is 19.1 Å². The molecule has 0 unspecified atom stereocenters. The Morgan fingerprint density at radius 1 is 1.04 bits per heavy atom. The van der Waals surface area contributed by atoms with Gasteiger partial charge in [0.2, 0.25) is 0 Å². The number of amides is 1.